The molecule has 0 aliphatic rings. The number of hydrogen-bond donors (Lipinski definition) is 2. The molecule has 7 heteroatoms. The largest absolute Gasteiger partial charge is 0.396 e. The molecule has 0 aromatic carbocycles. The van der Waals surface area contributed by atoms with Crippen LogP contribution in [0.4, 0.5) is 0 Å². The Balaban J connectivity index is 2.58. The lowest BCUT2D eigenvalue weighted by Gasteiger charge is -2.21. The molecule has 0 fully saturated rings. The summed E-state index contributed by atoms with van der Waals surface area (Å²) < 4.78 is 31.5. The molecular formula is C12H22N2O4S. The third-order valence-electron chi connectivity index (χ3n) is 2.99. The number of aliphatic hydroxyl groups excluding tert-OH is 1. The minimum absolute atomic E-state index is 0.0869. The van der Waals surface area contributed by atoms with E-state index in [1.807, 2.05) is 13.8 Å². The van der Waals surface area contributed by atoms with Crippen LogP contribution < -0.4 is 4.72 Å². The fraction of sp³-hybridized carbons (Fsp3) is 0.750. The SMILES string of the molecule is Cc1noc(C)c1S(=O)(=O)NCCCC(C)(C)CO. The van der Waals surface area contributed by atoms with Crippen LogP contribution in [0.3, 0.4) is 0 Å². The van der Waals surface area contributed by atoms with Crippen molar-refractivity contribution in [3.8, 4) is 0 Å². The van der Waals surface area contributed by atoms with Crippen molar-refractivity contribution in [2.45, 2.75) is 45.4 Å². The van der Waals surface area contributed by atoms with Crippen LogP contribution in [0.2, 0.25) is 0 Å². The number of rotatable bonds is 7. The maximum absolute atomic E-state index is 12.1. The van der Waals surface area contributed by atoms with Crippen molar-refractivity contribution < 1.29 is 18.0 Å². The van der Waals surface area contributed by atoms with E-state index in [-0.39, 0.29) is 16.9 Å². The summed E-state index contributed by atoms with van der Waals surface area (Å²) in [5.41, 5.74) is 0.176. The molecule has 0 unspecified atom stereocenters. The van der Waals surface area contributed by atoms with Crippen LogP contribution in [0.1, 0.15) is 38.1 Å². The molecule has 0 radical (unpaired) electrons. The Kier molecular flexibility index (Phi) is 5.11. The highest BCUT2D eigenvalue weighted by Gasteiger charge is 2.24. The van der Waals surface area contributed by atoms with Gasteiger partial charge in [0.05, 0.1) is 0 Å². The van der Waals surface area contributed by atoms with Crippen molar-refractivity contribution in [1.29, 1.82) is 0 Å². The Bertz CT molecular complexity index is 500. The lowest BCUT2D eigenvalue weighted by Crippen LogP contribution is -2.27. The maximum Gasteiger partial charge on any atom is 0.245 e. The van der Waals surface area contributed by atoms with Crippen LogP contribution in [0.15, 0.2) is 9.42 Å². The fourth-order valence-electron chi connectivity index (χ4n) is 1.78. The first-order valence-electron chi connectivity index (χ1n) is 6.23. The minimum atomic E-state index is -3.57. The van der Waals surface area contributed by atoms with Gasteiger partial charge in [0.25, 0.3) is 0 Å². The molecule has 0 amide bonds. The second-order valence-corrected chi connectivity index (χ2v) is 7.18. The van der Waals surface area contributed by atoms with E-state index in [0.29, 0.717) is 24.4 Å². The van der Waals surface area contributed by atoms with Gasteiger partial charge in [0.15, 0.2) is 5.76 Å². The summed E-state index contributed by atoms with van der Waals surface area (Å²) in [6, 6.07) is 0. The molecule has 1 aromatic heterocycles. The number of sulfonamides is 1. The molecule has 0 spiro atoms. The van der Waals surface area contributed by atoms with Gasteiger partial charge < -0.3 is 9.63 Å². The van der Waals surface area contributed by atoms with Gasteiger partial charge >= 0.3 is 0 Å². The number of aliphatic hydroxyl groups is 1. The average molecular weight is 290 g/mol. The van der Waals surface area contributed by atoms with E-state index in [9.17, 15) is 8.42 Å². The third-order valence-corrected chi connectivity index (χ3v) is 4.69. The monoisotopic (exact) mass is 290 g/mol. The number of nitrogens with one attached hydrogen (secondary N) is 1. The molecule has 6 nitrogen and oxygen atoms in total. The van der Waals surface area contributed by atoms with E-state index in [4.69, 9.17) is 9.63 Å². The average Bonchev–Trinajstić information content (AvgIpc) is 2.65. The summed E-state index contributed by atoms with van der Waals surface area (Å²) in [7, 11) is -3.57. The van der Waals surface area contributed by atoms with Crippen LogP contribution in [-0.4, -0.2) is 31.8 Å². The highest BCUT2D eigenvalue weighted by atomic mass is 32.2. The van der Waals surface area contributed by atoms with E-state index in [1.54, 1.807) is 13.8 Å². The molecule has 0 atom stereocenters. The molecular weight excluding hydrogens is 268 g/mol. The van der Waals surface area contributed by atoms with Gasteiger partial charge in [-0.2, -0.15) is 0 Å². The zero-order valence-electron chi connectivity index (χ0n) is 11.9. The number of aromatic nitrogens is 1. The molecule has 0 aliphatic carbocycles. The smallest absolute Gasteiger partial charge is 0.245 e. The molecule has 2 N–H and O–H groups in total. The Hall–Kier alpha value is -0.920. The quantitative estimate of drug-likeness (QED) is 0.740. The normalized spacial score (nSPS) is 12.9. The Morgan fingerprint density at radius 3 is 2.47 bits per heavy atom. The highest BCUT2D eigenvalue weighted by molar-refractivity contribution is 7.89. The van der Waals surface area contributed by atoms with Gasteiger partial charge in [-0.15, -0.1) is 0 Å². The molecule has 110 valence electrons. The van der Waals surface area contributed by atoms with Crippen molar-refractivity contribution >= 4 is 10.0 Å². The Morgan fingerprint density at radius 2 is 2.00 bits per heavy atom. The molecule has 19 heavy (non-hydrogen) atoms. The number of hydrogen-bond acceptors (Lipinski definition) is 5. The van der Waals surface area contributed by atoms with Gasteiger partial charge in [0.1, 0.15) is 10.6 Å². The van der Waals surface area contributed by atoms with E-state index >= 15 is 0 Å². The van der Waals surface area contributed by atoms with Crippen LogP contribution in [0, 0.1) is 19.3 Å². The predicted octanol–water partition coefficient (Wildman–Crippen LogP) is 1.37. The molecule has 1 rings (SSSR count). The van der Waals surface area contributed by atoms with Crippen molar-refractivity contribution in [2.75, 3.05) is 13.2 Å². The Labute approximate surface area is 114 Å². The lowest BCUT2D eigenvalue weighted by molar-refractivity contribution is 0.148. The second-order valence-electron chi connectivity index (χ2n) is 5.48. The van der Waals surface area contributed by atoms with E-state index in [1.165, 1.54) is 0 Å². The van der Waals surface area contributed by atoms with Gasteiger partial charge in [0, 0.05) is 13.2 Å². The lowest BCUT2D eigenvalue weighted by atomic mass is 9.89. The van der Waals surface area contributed by atoms with Crippen LogP contribution in [0.5, 0.6) is 0 Å². The second kappa shape index (κ2) is 6.02. The highest BCUT2D eigenvalue weighted by Crippen LogP contribution is 2.21. The summed E-state index contributed by atoms with van der Waals surface area (Å²) in [6.45, 7) is 7.47. The van der Waals surface area contributed by atoms with Crippen molar-refractivity contribution in [3.05, 3.63) is 11.5 Å². The summed E-state index contributed by atoms with van der Waals surface area (Å²) in [4.78, 5) is 0.119. The standard InChI is InChI=1S/C12H22N2O4S/c1-9-11(10(2)18-14-9)19(16,17)13-7-5-6-12(3,4)8-15/h13,15H,5-8H2,1-4H3. The van der Waals surface area contributed by atoms with Crippen molar-refractivity contribution in [3.63, 3.8) is 0 Å². The van der Waals surface area contributed by atoms with E-state index < -0.39 is 10.0 Å². The topological polar surface area (TPSA) is 92.4 Å². The zero-order valence-corrected chi connectivity index (χ0v) is 12.7. The summed E-state index contributed by atoms with van der Waals surface area (Å²) in [5, 5.41) is 12.8. The van der Waals surface area contributed by atoms with Gasteiger partial charge in [-0.1, -0.05) is 19.0 Å². The van der Waals surface area contributed by atoms with E-state index in [2.05, 4.69) is 9.88 Å². The number of nitrogens with zero attached hydrogens (tertiary/aromatic N) is 1. The first kappa shape index (κ1) is 16.1. The molecule has 1 aromatic rings. The number of aryl methyl sites for hydroxylation is 2. The van der Waals surface area contributed by atoms with Gasteiger partial charge in [-0.05, 0) is 32.1 Å². The molecule has 1 heterocycles. The summed E-state index contributed by atoms with van der Waals surface area (Å²) >= 11 is 0. The van der Waals surface area contributed by atoms with Crippen LogP contribution >= 0.6 is 0 Å². The Morgan fingerprint density at radius 1 is 1.37 bits per heavy atom. The first-order chi connectivity index (χ1) is 8.69. The minimum Gasteiger partial charge on any atom is -0.396 e. The van der Waals surface area contributed by atoms with Crippen molar-refractivity contribution in [2.24, 2.45) is 5.41 Å². The van der Waals surface area contributed by atoms with E-state index in [0.717, 1.165) is 6.42 Å². The maximum atomic E-state index is 12.1. The van der Waals surface area contributed by atoms with Gasteiger partial charge in [0.2, 0.25) is 10.0 Å². The molecule has 0 saturated heterocycles. The van der Waals surface area contributed by atoms with Crippen molar-refractivity contribution in [1.82, 2.24) is 9.88 Å². The predicted molar refractivity (Wildman–Crippen MR) is 71.3 cm³/mol. The molecule has 0 saturated carbocycles. The first-order valence-corrected chi connectivity index (χ1v) is 7.71. The fourth-order valence-corrected chi connectivity index (χ4v) is 3.18. The molecule has 0 aliphatic heterocycles. The van der Waals surface area contributed by atoms with Crippen LogP contribution in [-0.2, 0) is 10.0 Å². The van der Waals surface area contributed by atoms with Gasteiger partial charge in [-0.3, -0.25) is 0 Å². The summed E-state index contributed by atoms with van der Waals surface area (Å²) in [6.07, 6.45) is 1.41. The molecule has 0 bridgehead atoms. The van der Waals surface area contributed by atoms with Gasteiger partial charge in [-0.25, -0.2) is 13.1 Å². The zero-order chi connectivity index (χ0) is 14.7. The van der Waals surface area contributed by atoms with Crippen LogP contribution in [0.25, 0.3) is 0 Å². The summed E-state index contributed by atoms with van der Waals surface area (Å²) in [5.74, 6) is 0.292. The third kappa shape index (κ3) is 4.29.